The van der Waals surface area contributed by atoms with E-state index in [9.17, 15) is 9.59 Å². The van der Waals surface area contributed by atoms with Gasteiger partial charge < -0.3 is 10.5 Å². The van der Waals surface area contributed by atoms with Gasteiger partial charge in [-0.25, -0.2) is 9.78 Å². The summed E-state index contributed by atoms with van der Waals surface area (Å²) in [6.07, 6.45) is 0. The number of ether oxygens (including phenoxy) is 1. The van der Waals surface area contributed by atoms with Crippen LogP contribution in [-0.2, 0) is 0 Å². The van der Waals surface area contributed by atoms with Crippen molar-refractivity contribution in [3.63, 3.8) is 0 Å². The fourth-order valence-corrected chi connectivity index (χ4v) is 4.57. The average Bonchev–Trinajstić information content (AvgIpc) is 3.39. The molecular weight excluding hydrogens is 440 g/mol. The number of nitrogens with two attached hydrogens (primary N) is 1. The summed E-state index contributed by atoms with van der Waals surface area (Å²) in [5, 5.41) is 3.15. The molecule has 0 bridgehead atoms. The standard InChI is InChI=1S/C24H18N4O4S/c1-13-3-7-15(8-4-13)28-20(24(30)32-27-28)21(29)22-19(25)17-11-12-18(26-23(17)33-22)14-5-9-16(31-2)10-6-14/h3-12H,1-2H3,(H2-,25,27,29,30)/p+1. The molecule has 0 atom stereocenters. The van der Waals surface area contributed by atoms with Crippen molar-refractivity contribution in [3.8, 4) is 22.7 Å². The Balaban J connectivity index is 1.57. The number of thiophene rings is 1. The van der Waals surface area contributed by atoms with Gasteiger partial charge in [0.05, 0.1) is 18.5 Å². The van der Waals surface area contributed by atoms with E-state index in [1.165, 1.54) is 4.68 Å². The predicted octanol–water partition coefficient (Wildman–Crippen LogP) is 3.65. The van der Waals surface area contributed by atoms with E-state index in [4.69, 9.17) is 15.0 Å². The summed E-state index contributed by atoms with van der Waals surface area (Å²) in [7, 11) is 1.61. The fraction of sp³-hybridized carbons (Fsp3) is 0.0833. The van der Waals surface area contributed by atoms with Gasteiger partial charge in [0, 0.05) is 23.1 Å². The van der Waals surface area contributed by atoms with Gasteiger partial charge in [-0.3, -0.25) is 9.32 Å². The smallest absolute Gasteiger partial charge is 0.439 e. The van der Waals surface area contributed by atoms with Crippen molar-refractivity contribution in [2.24, 2.45) is 0 Å². The molecule has 9 heteroatoms. The molecule has 0 aliphatic heterocycles. The quantitative estimate of drug-likeness (QED) is 0.306. The molecule has 33 heavy (non-hydrogen) atoms. The highest BCUT2D eigenvalue weighted by Crippen LogP contribution is 2.35. The van der Waals surface area contributed by atoms with E-state index in [1.807, 2.05) is 55.5 Å². The number of fused-ring (bicyclic) bond motifs is 1. The predicted molar refractivity (Wildman–Crippen MR) is 125 cm³/mol. The van der Waals surface area contributed by atoms with E-state index in [2.05, 4.69) is 10.3 Å². The van der Waals surface area contributed by atoms with Gasteiger partial charge in [-0.2, -0.15) is 0 Å². The summed E-state index contributed by atoms with van der Waals surface area (Å²) in [6.45, 7) is 1.95. The van der Waals surface area contributed by atoms with Gasteiger partial charge in [-0.05, 0) is 53.3 Å². The van der Waals surface area contributed by atoms with E-state index in [0.717, 1.165) is 33.9 Å². The maximum Gasteiger partial charge on any atom is 0.439 e. The summed E-state index contributed by atoms with van der Waals surface area (Å²) < 4.78 is 11.5. The summed E-state index contributed by atoms with van der Waals surface area (Å²) in [4.78, 5) is 31.3. The van der Waals surface area contributed by atoms with Crippen LogP contribution in [0.25, 0.3) is 27.2 Å². The topological polar surface area (TPSA) is 115 Å². The van der Waals surface area contributed by atoms with Gasteiger partial charge in [0.2, 0.25) is 5.69 Å². The van der Waals surface area contributed by atoms with E-state index < -0.39 is 11.4 Å². The number of pyridine rings is 1. The third-order valence-corrected chi connectivity index (χ3v) is 6.45. The van der Waals surface area contributed by atoms with E-state index in [1.54, 1.807) is 19.2 Å². The monoisotopic (exact) mass is 459 g/mol. The van der Waals surface area contributed by atoms with Crippen LogP contribution in [0.3, 0.4) is 0 Å². The summed E-state index contributed by atoms with van der Waals surface area (Å²) in [6, 6.07) is 18.5. The minimum absolute atomic E-state index is 0.160. The second-order valence-corrected chi connectivity index (χ2v) is 8.45. The van der Waals surface area contributed by atoms with E-state index in [-0.39, 0.29) is 16.3 Å². The lowest BCUT2D eigenvalue weighted by atomic mass is 10.1. The number of methoxy groups -OCH3 is 1. The van der Waals surface area contributed by atoms with Crippen LogP contribution in [0.15, 0.2) is 70.0 Å². The largest absolute Gasteiger partial charge is 0.497 e. The number of H-pyrrole nitrogens is 1. The Morgan fingerprint density at radius 3 is 2.52 bits per heavy atom. The van der Waals surface area contributed by atoms with Crippen molar-refractivity contribution in [2.75, 3.05) is 12.8 Å². The summed E-state index contributed by atoms with van der Waals surface area (Å²) >= 11 is 1.14. The third kappa shape index (κ3) is 3.58. The Morgan fingerprint density at radius 1 is 1.09 bits per heavy atom. The van der Waals surface area contributed by atoms with Gasteiger partial charge in [-0.1, -0.05) is 17.7 Å². The minimum Gasteiger partial charge on any atom is -0.497 e. The highest BCUT2D eigenvalue weighted by atomic mass is 32.1. The molecule has 5 rings (SSSR count). The van der Waals surface area contributed by atoms with Gasteiger partial charge in [0.1, 0.15) is 15.5 Å². The highest BCUT2D eigenvalue weighted by molar-refractivity contribution is 7.21. The van der Waals surface area contributed by atoms with Crippen molar-refractivity contribution in [3.05, 3.63) is 87.2 Å². The van der Waals surface area contributed by atoms with Gasteiger partial charge >= 0.3 is 11.3 Å². The van der Waals surface area contributed by atoms with Crippen molar-refractivity contribution in [2.45, 2.75) is 6.92 Å². The molecule has 164 valence electrons. The van der Waals surface area contributed by atoms with Crippen LogP contribution in [0.2, 0.25) is 0 Å². The van der Waals surface area contributed by atoms with Crippen molar-refractivity contribution in [1.82, 2.24) is 10.3 Å². The lowest BCUT2D eigenvalue weighted by Gasteiger charge is -2.03. The Hall–Kier alpha value is -4.24. The summed E-state index contributed by atoms with van der Waals surface area (Å²) in [5.74, 6) is 0.220. The van der Waals surface area contributed by atoms with Gasteiger partial charge in [0.25, 0.3) is 5.78 Å². The molecular formula is C24H19N4O4S+. The molecule has 0 unspecified atom stereocenters. The number of ketones is 1. The Bertz CT molecular complexity index is 1550. The third-order valence-electron chi connectivity index (χ3n) is 5.34. The maximum absolute atomic E-state index is 13.4. The molecule has 0 radical (unpaired) electrons. The lowest BCUT2D eigenvalue weighted by Crippen LogP contribution is -2.41. The fourth-order valence-electron chi connectivity index (χ4n) is 3.54. The lowest BCUT2D eigenvalue weighted by molar-refractivity contribution is -0.672. The number of carbonyl (C=O) groups is 1. The molecule has 0 saturated heterocycles. The first-order chi connectivity index (χ1) is 16.0. The maximum atomic E-state index is 13.4. The molecule has 0 amide bonds. The van der Waals surface area contributed by atoms with Crippen LogP contribution in [0.4, 0.5) is 5.69 Å². The van der Waals surface area contributed by atoms with Crippen LogP contribution >= 0.6 is 11.3 Å². The number of nitrogens with one attached hydrogen (secondary N) is 1. The molecule has 0 saturated carbocycles. The number of hydrogen-bond donors (Lipinski definition) is 2. The number of carbonyl (C=O) groups excluding carboxylic acids is 1. The number of rotatable bonds is 5. The van der Waals surface area contributed by atoms with Crippen LogP contribution in [0, 0.1) is 6.92 Å². The molecule has 0 aliphatic carbocycles. The Kier molecular flexibility index (Phi) is 5.02. The van der Waals surface area contributed by atoms with Crippen LogP contribution in [0.1, 0.15) is 20.9 Å². The Morgan fingerprint density at radius 2 is 1.82 bits per heavy atom. The van der Waals surface area contributed by atoms with Crippen molar-refractivity contribution < 1.29 is 18.7 Å². The first-order valence-electron chi connectivity index (χ1n) is 10.0. The SMILES string of the molecule is COc1ccc(-c2ccc3c(N)c(C(=O)c4c(=O)o[nH][n+]4-c4ccc(C)cc4)sc3n2)cc1. The molecule has 3 heterocycles. The second kappa shape index (κ2) is 8.03. The number of aromatic nitrogens is 3. The zero-order valence-electron chi connectivity index (χ0n) is 17.8. The van der Waals surface area contributed by atoms with Crippen LogP contribution in [-0.4, -0.2) is 23.1 Å². The van der Waals surface area contributed by atoms with Crippen LogP contribution in [0.5, 0.6) is 5.75 Å². The number of hydrogen-bond acceptors (Lipinski definition) is 7. The highest BCUT2D eigenvalue weighted by Gasteiger charge is 2.34. The molecule has 5 aromatic rings. The van der Waals surface area contributed by atoms with Gasteiger partial charge in [-0.15, -0.1) is 11.3 Å². The average molecular weight is 460 g/mol. The molecule has 0 spiro atoms. The minimum atomic E-state index is -0.774. The molecule has 8 nitrogen and oxygen atoms in total. The molecule has 3 aromatic heterocycles. The molecule has 0 fully saturated rings. The summed E-state index contributed by atoms with van der Waals surface area (Å²) in [5.41, 5.74) is 8.94. The van der Waals surface area contributed by atoms with Crippen LogP contribution < -0.4 is 20.8 Å². The number of nitrogen functional groups attached to an aromatic ring is 1. The number of nitrogens with zero attached hydrogens (tertiary/aromatic N) is 2. The van der Waals surface area contributed by atoms with E-state index >= 15 is 0 Å². The zero-order valence-corrected chi connectivity index (χ0v) is 18.6. The first-order valence-corrected chi connectivity index (χ1v) is 10.9. The van der Waals surface area contributed by atoms with Crippen molar-refractivity contribution >= 4 is 33.0 Å². The first kappa shape index (κ1) is 20.7. The zero-order chi connectivity index (χ0) is 23.1. The molecule has 3 N–H and O–H groups in total. The number of aromatic amines is 1. The number of benzene rings is 2. The van der Waals surface area contributed by atoms with E-state index in [0.29, 0.717) is 15.9 Å². The van der Waals surface area contributed by atoms with Gasteiger partial charge in [0.15, 0.2) is 0 Å². The molecule has 0 aliphatic rings. The molecule has 2 aromatic carbocycles. The number of aryl methyl sites for hydroxylation is 1. The normalized spacial score (nSPS) is 11.1. The van der Waals surface area contributed by atoms with Crippen molar-refractivity contribution in [1.29, 1.82) is 0 Å². The second-order valence-electron chi connectivity index (χ2n) is 7.45. The Labute approximate surface area is 191 Å². The number of anilines is 1.